The van der Waals surface area contributed by atoms with Crippen molar-refractivity contribution in [1.29, 1.82) is 0 Å². The molecule has 0 aliphatic heterocycles. The van der Waals surface area contributed by atoms with Crippen LogP contribution in [0, 0.1) is 0 Å². The van der Waals surface area contributed by atoms with E-state index in [1.807, 2.05) is 6.26 Å². The second-order valence-corrected chi connectivity index (χ2v) is 6.14. The fraction of sp³-hybridized carbons (Fsp3) is 0.938. The van der Waals surface area contributed by atoms with Gasteiger partial charge in [-0.05, 0) is 12.7 Å². The Balaban J connectivity index is 3.03. The monoisotopic (exact) mass is 286 g/mol. The van der Waals surface area contributed by atoms with Gasteiger partial charge in [-0.3, -0.25) is 4.99 Å². The summed E-state index contributed by atoms with van der Waals surface area (Å²) in [6.45, 7) is 3.19. The van der Waals surface area contributed by atoms with E-state index in [1.165, 1.54) is 88.8 Å². The number of hydrogen-bond donors (Lipinski definition) is 1. The lowest BCUT2D eigenvalue weighted by Gasteiger charge is -2.02. The molecule has 0 fully saturated rings. The summed E-state index contributed by atoms with van der Waals surface area (Å²) in [6.07, 6.45) is 18.6. The molecule has 0 aromatic carbocycles. The molecule has 0 bridgehead atoms. The molecule has 0 unspecified atom stereocenters. The molecule has 0 aromatic heterocycles. The third-order valence-corrected chi connectivity index (χ3v) is 4.04. The third kappa shape index (κ3) is 15.8. The Morgan fingerprint density at radius 3 is 1.63 bits per heavy atom. The molecule has 2 N–H and O–H groups in total. The van der Waals surface area contributed by atoms with Gasteiger partial charge in [0.1, 0.15) is 0 Å². The highest BCUT2D eigenvalue weighted by Crippen LogP contribution is 2.11. The van der Waals surface area contributed by atoms with Crippen molar-refractivity contribution in [1.82, 2.24) is 0 Å². The normalized spacial score (nSPS) is 12.0. The van der Waals surface area contributed by atoms with Gasteiger partial charge < -0.3 is 5.73 Å². The molecule has 0 radical (unpaired) electrons. The molecular weight excluding hydrogens is 252 g/mol. The number of thioether (sulfide) groups is 1. The Morgan fingerprint density at radius 1 is 0.789 bits per heavy atom. The summed E-state index contributed by atoms with van der Waals surface area (Å²) in [4.78, 5) is 4.28. The van der Waals surface area contributed by atoms with Gasteiger partial charge in [0.15, 0.2) is 5.17 Å². The standard InChI is InChI=1S/C16H34N2S/c1-3-4-5-6-7-8-9-10-11-12-13-14-15-18-16(17)19-2/h3-15H2,1-2H3,(H2,17,18). The molecule has 0 spiro atoms. The number of hydrogen-bond acceptors (Lipinski definition) is 2. The van der Waals surface area contributed by atoms with Crippen molar-refractivity contribution in [3.05, 3.63) is 0 Å². The van der Waals surface area contributed by atoms with E-state index in [-0.39, 0.29) is 0 Å². The fourth-order valence-electron chi connectivity index (χ4n) is 2.21. The van der Waals surface area contributed by atoms with E-state index in [0.29, 0.717) is 0 Å². The van der Waals surface area contributed by atoms with Crippen LogP contribution in [0.2, 0.25) is 0 Å². The van der Waals surface area contributed by atoms with E-state index in [9.17, 15) is 0 Å². The second-order valence-electron chi connectivity index (χ2n) is 5.31. The second kappa shape index (κ2) is 15.9. The molecule has 2 nitrogen and oxygen atoms in total. The predicted octanol–water partition coefficient (Wildman–Crippen LogP) is 5.37. The van der Waals surface area contributed by atoms with Gasteiger partial charge in [-0.2, -0.15) is 0 Å². The molecule has 0 aromatic rings. The maximum atomic E-state index is 5.63. The molecule has 0 amide bonds. The summed E-state index contributed by atoms with van der Waals surface area (Å²) in [5.41, 5.74) is 5.63. The van der Waals surface area contributed by atoms with Gasteiger partial charge in [0.25, 0.3) is 0 Å². The van der Waals surface area contributed by atoms with Crippen LogP contribution >= 0.6 is 11.8 Å². The van der Waals surface area contributed by atoms with Gasteiger partial charge in [-0.1, -0.05) is 89.3 Å². The molecule has 3 heteroatoms. The van der Waals surface area contributed by atoms with E-state index in [0.717, 1.165) is 11.7 Å². The van der Waals surface area contributed by atoms with Crippen molar-refractivity contribution >= 4 is 16.9 Å². The minimum absolute atomic E-state index is 0.725. The number of rotatable bonds is 13. The Hall–Kier alpha value is -0.180. The highest BCUT2D eigenvalue weighted by Gasteiger charge is 1.93. The first-order valence-electron chi connectivity index (χ1n) is 8.15. The topological polar surface area (TPSA) is 38.4 Å². The highest BCUT2D eigenvalue weighted by molar-refractivity contribution is 8.13. The first-order valence-corrected chi connectivity index (χ1v) is 9.37. The van der Waals surface area contributed by atoms with E-state index in [1.54, 1.807) is 0 Å². The minimum Gasteiger partial charge on any atom is -0.379 e. The molecule has 0 aliphatic carbocycles. The van der Waals surface area contributed by atoms with Crippen LogP contribution in [0.4, 0.5) is 0 Å². The SMILES string of the molecule is CCCCCCCCCCCCCCN=C(N)SC. The Bertz CT molecular complexity index is 205. The molecule has 0 saturated carbocycles. The van der Waals surface area contributed by atoms with Crippen LogP contribution in [-0.4, -0.2) is 18.0 Å². The first-order chi connectivity index (χ1) is 9.31. The smallest absolute Gasteiger partial charge is 0.153 e. The van der Waals surface area contributed by atoms with Crippen molar-refractivity contribution in [3.8, 4) is 0 Å². The van der Waals surface area contributed by atoms with Gasteiger partial charge in [-0.15, -0.1) is 0 Å². The Labute approximate surface area is 125 Å². The lowest BCUT2D eigenvalue weighted by Crippen LogP contribution is -2.06. The van der Waals surface area contributed by atoms with E-state index < -0.39 is 0 Å². The quantitative estimate of drug-likeness (QED) is 0.281. The molecule has 0 saturated heterocycles. The van der Waals surface area contributed by atoms with Crippen LogP contribution in [0.3, 0.4) is 0 Å². The summed E-state index contributed by atoms with van der Waals surface area (Å²) >= 11 is 1.54. The Morgan fingerprint density at radius 2 is 1.21 bits per heavy atom. The number of aliphatic imine (C=N–C) groups is 1. The van der Waals surface area contributed by atoms with Crippen LogP contribution in [0.25, 0.3) is 0 Å². The van der Waals surface area contributed by atoms with Crippen molar-refractivity contribution < 1.29 is 0 Å². The molecule has 0 atom stereocenters. The van der Waals surface area contributed by atoms with E-state index in [4.69, 9.17) is 5.73 Å². The van der Waals surface area contributed by atoms with Crippen molar-refractivity contribution in [3.63, 3.8) is 0 Å². The van der Waals surface area contributed by atoms with Crippen LogP contribution < -0.4 is 5.73 Å². The van der Waals surface area contributed by atoms with Gasteiger partial charge in [0.05, 0.1) is 0 Å². The summed E-state index contributed by atoms with van der Waals surface area (Å²) in [5.74, 6) is 0. The number of unbranched alkanes of at least 4 members (excludes halogenated alkanes) is 11. The lowest BCUT2D eigenvalue weighted by atomic mass is 10.1. The Kier molecular flexibility index (Phi) is 15.7. The maximum Gasteiger partial charge on any atom is 0.153 e. The summed E-state index contributed by atoms with van der Waals surface area (Å²) in [6, 6.07) is 0. The summed E-state index contributed by atoms with van der Waals surface area (Å²) in [5, 5.41) is 0.725. The molecular formula is C16H34N2S. The zero-order chi connectivity index (χ0) is 14.2. The van der Waals surface area contributed by atoms with Gasteiger partial charge in [0, 0.05) is 6.54 Å². The fourth-order valence-corrected chi connectivity index (χ4v) is 2.43. The number of nitrogens with two attached hydrogens (primary N) is 1. The molecule has 0 heterocycles. The van der Waals surface area contributed by atoms with Crippen LogP contribution in [0.1, 0.15) is 84.0 Å². The average Bonchev–Trinajstić information content (AvgIpc) is 2.43. The van der Waals surface area contributed by atoms with Gasteiger partial charge in [-0.25, -0.2) is 0 Å². The van der Waals surface area contributed by atoms with Crippen molar-refractivity contribution in [2.45, 2.75) is 84.0 Å². The van der Waals surface area contributed by atoms with E-state index >= 15 is 0 Å². The maximum absolute atomic E-state index is 5.63. The molecule has 0 aliphatic rings. The largest absolute Gasteiger partial charge is 0.379 e. The zero-order valence-electron chi connectivity index (χ0n) is 13.1. The van der Waals surface area contributed by atoms with Crippen LogP contribution in [0.5, 0.6) is 0 Å². The molecule has 19 heavy (non-hydrogen) atoms. The van der Waals surface area contributed by atoms with Gasteiger partial charge in [0.2, 0.25) is 0 Å². The summed E-state index contributed by atoms with van der Waals surface area (Å²) < 4.78 is 0. The molecule has 0 rings (SSSR count). The summed E-state index contributed by atoms with van der Waals surface area (Å²) in [7, 11) is 0. The van der Waals surface area contributed by atoms with E-state index in [2.05, 4.69) is 11.9 Å². The number of amidine groups is 1. The van der Waals surface area contributed by atoms with Crippen LogP contribution in [0.15, 0.2) is 4.99 Å². The van der Waals surface area contributed by atoms with Crippen molar-refractivity contribution in [2.75, 3.05) is 12.8 Å². The highest BCUT2D eigenvalue weighted by atomic mass is 32.2. The van der Waals surface area contributed by atoms with Crippen LogP contribution in [-0.2, 0) is 0 Å². The lowest BCUT2D eigenvalue weighted by molar-refractivity contribution is 0.545. The average molecular weight is 287 g/mol. The third-order valence-electron chi connectivity index (χ3n) is 3.49. The van der Waals surface area contributed by atoms with Gasteiger partial charge >= 0.3 is 0 Å². The first kappa shape index (κ1) is 18.8. The number of nitrogens with zero attached hydrogens (tertiary/aromatic N) is 1. The van der Waals surface area contributed by atoms with Crippen molar-refractivity contribution in [2.24, 2.45) is 10.7 Å². The predicted molar refractivity (Wildman–Crippen MR) is 91.1 cm³/mol. The molecule has 114 valence electrons. The zero-order valence-corrected chi connectivity index (χ0v) is 13.9. The minimum atomic E-state index is 0.725.